The van der Waals surface area contributed by atoms with E-state index in [1.165, 1.54) is 0 Å². The summed E-state index contributed by atoms with van der Waals surface area (Å²) in [5.74, 6) is 1.82. The maximum absolute atomic E-state index is 13.5. The van der Waals surface area contributed by atoms with Gasteiger partial charge in [0.05, 0.1) is 25.3 Å². The van der Waals surface area contributed by atoms with E-state index in [2.05, 4.69) is 16.9 Å². The Balaban J connectivity index is 1.67. The summed E-state index contributed by atoms with van der Waals surface area (Å²) in [5.41, 5.74) is 5.02. The Morgan fingerprint density at radius 1 is 1.18 bits per heavy atom. The second-order valence-corrected chi connectivity index (χ2v) is 8.65. The molecular weight excluding hydrogens is 412 g/mol. The molecule has 3 aromatic rings. The molecule has 0 spiro atoms. The van der Waals surface area contributed by atoms with Gasteiger partial charge in [0.25, 0.3) is 0 Å². The number of aryl methyl sites for hydroxylation is 2. The lowest BCUT2D eigenvalue weighted by Gasteiger charge is -2.36. The van der Waals surface area contributed by atoms with Crippen molar-refractivity contribution >= 4 is 5.91 Å². The first-order chi connectivity index (χ1) is 16.1. The molecule has 0 unspecified atom stereocenters. The SMILES string of the molecule is CCCc1ncc(-c2ccncc2)c([C@H]2CCCCN2C(=O)Cc2ccc(OC)c(C)c2)n1. The van der Waals surface area contributed by atoms with Crippen molar-refractivity contribution in [2.45, 2.75) is 58.4 Å². The van der Waals surface area contributed by atoms with Crippen molar-refractivity contribution in [3.63, 3.8) is 0 Å². The van der Waals surface area contributed by atoms with Crippen LogP contribution < -0.4 is 4.74 Å². The van der Waals surface area contributed by atoms with E-state index in [4.69, 9.17) is 9.72 Å². The van der Waals surface area contributed by atoms with Crippen molar-refractivity contribution in [2.24, 2.45) is 0 Å². The second kappa shape index (κ2) is 10.6. The molecule has 0 radical (unpaired) electrons. The lowest BCUT2D eigenvalue weighted by Crippen LogP contribution is -2.40. The minimum Gasteiger partial charge on any atom is -0.496 e. The van der Waals surface area contributed by atoms with Crippen molar-refractivity contribution in [1.29, 1.82) is 0 Å². The van der Waals surface area contributed by atoms with Crippen molar-refractivity contribution in [2.75, 3.05) is 13.7 Å². The van der Waals surface area contributed by atoms with Gasteiger partial charge >= 0.3 is 0 Å². The number of pyridine rings is 1. The maximum Gasteiger partial charge on any atom is 0.227 e. The third-order valence-corrected chi connectivity index (χ3v) is 6.29. The lowest BCUT2D eigenvalue weighted by atomic mass is 9.93. The Hall–Kier alpha value is -3.28. The van der Waals surface area contributed by atoms with Gasteiger partial charge in [0.2, 0.25) is 5.91 Å². The van der Waals surface area contributed by atoms with Gasteiger partial charge in [0.15, 0.2) is 0 Å². The van der Waals surface area contributed by atoms with E-state index in [0.717, 1.165) is 78.2 Å². The van der Waals surface area contributed by atoms with Crippen LogP contribution in [-0.4, -0.2) is 39.4 Å². The number of benzene rings is 1. The molecule has 3 heterocycles. The molecule has 0 bridgehead atoms. The molecule has 172 valence electrons. The average molecular weight is 445 g/mol. The Labute approximate surface area is 196 Å². The minimum atomic E-state index is -0.0487. The smallest absolute Gasteiger partial charge is 0.227 e. The van der Waals surface area contributed by atoms with Crippen LogP contribution in [0.1, 0.15) is 61.3 Å². The third-order valence-electron chi connectivity index (χ3n) is 6.29. The zero-order valence-electron chi connectivity index (χ0n) is 19.8. The number of carbonyl (C=O) groups excluding carboxylic acids is 1. The highest BCUT2D eigenvalue weighted by molar-refractivity contribution is 5.80. The molecule has 0 N–H and O–H groups in total. The van der Waals surface area contributed by atoms with Gasteiger partial charge in [-0.1, -0.05) is 19.1 Å². The van der Waals surface area contributed by atoms with Gasteiger partial charge in [-0.2, -0.15) is 0 Å². The molecule has 0 saturated carbocycles. The van der Waals surface area contributed by atoms with Crippen LogP contribution in [0.3, 0.4) is 0 Å². The summed E-state index contributed by atoms with van der Waals surface area (Å²) < 4.78 is 5.37. The van der Waals surface area contributed by atoms with Gasteiger partial charge in [-0.05, 0) is 67.5 Å². The Morgan fingerprint density at radius 2 is 2.00 bits per heavy atom. The van der Waals surface area contributed by atoms with Crippen LogP contribution in [-0.2, 0) is 17.6 Å². The highest BCUT2D eigenvalue weighted by atomic mass is 16.5. The number of rotatable bonds is 7. The van der Waals surface area contributed by atoms with Crippen molar-refractivity contribution in [3.05, 3.63) is 71.6 Å². The van der Waals surface area contributed by atoms with Crippen LogP contribution in [0.2, 0.25) is 0 Å². The molecule has 4 rings (SSSR count). The lowest BCUT2D eigenvalue weighted by molar-refractivity contribution is -0.134. The van der Waals surface area contributed by atoms with E-state index in [1.54, 1.807) is 19.5 Å². The topological polar surface area (TPSA) is 68.2 Å². The summed E-state index contributed by atoms with van der Waals surface area (Å²) in [6, 6.07) is 9.88. The molecule has 6 heteroatoms. The Bertz CT molecular complexity index is 1100. The zero-order chi connectivity index (χ0) is 23.2. The van der Waals surface area contributed by atoms with Crippen LogP contribution in [0, 0.1) is 6.92 Å². The highest BCUT2D eigenvalue weighted by Crippen LogP contribution is 2.36. The number of nitrogens with zero attached hydrogens (tertiary/aromatic N) is 4. The van der Waals surface area contributed by atoms with Crippen molar-refractivity contribution in [1.82, 2.24) is 19.9 Å². The summed E-state index contributed by atoms with van der Waals surface area (Å²) in [6.45, 7) is 4.89. The first kappa shape index (κ1) is 22.9. The fourth-order valence-corrected chi connectivity index (χ4v) is 4.63. The van der Waals surface area contributed by atoms with Crippen LogP contribution >= 0.6 is 0 Å². The summed E-state index contributed by atoms with van der Waals surface area (Å²) in [4.78, 5) is 29.3. The number of hydrogen-bond acceptors (Lipinski definition) is 5. The number of hydrogen-bond donors (Lipinski definition) is 0. The fraction of sp³-hybridized carbons (Fsp3) is 0.407. The number of piperidine rings is 1. The molecule has 2 aromatic heterocycles. The molecule has 1 aliphatic heterocycles. The van der Waals surface area contributed by atoms with Gasteiger partial charge < -0.3 is 9.64 Å². The first-order valence-electron chi connectivity index (χ1n) is 11.8. The minimum absolute atomic E-state index is 0.0487. The van der Waals surface area contributed by atoms with E-state index >= 15 is 0 Å². The summed E-state index contributed by atoms with van der Waals surface area (Å²) in [5, 5.41) is 0. The van der Waals surface area contributed by atoms with Crippen LogP contribution in [0.5, 0.6) is 5.75 Å². The number of carbonyl (C=O) groups is 1. The summed E-state index contributed by atoms with van der Waals surface area (Å²) in [6.07, 6.45) is 10.7. The van der Waals surface area contributed by atoms with Crippen molar-refractivity contribution < 1.29 is 9.53 Å². The zero-order valence-corrected chi connectivity index (χ0v) is 19.8. The molecule has 1 fully saturated rings. The van der Waals surface area contributed by atoms with Gasteiger partial charge in [0, 0.05) is 37.1 Å². The summed E-state index contributed by atoms with van der Waals surface area (Å²) >= 11 is 0. The number of aromatic nitrogens is 3. The molecule has 1 amide bonds. The normalized spacial score (nSPS) is 16.0. The highest BCUT2D eigenvalue weighted by Gasteiger charge is 2.31. The number of likely N-dealkylation sites (tertiary alicyclic amines) is 1. The van der Waals surface area contributed by atoms with Gasteiger partial charge in [-0.25, -0.2) is 9.97 Å². The third kappa shape index (κ3) is 5.21. The van der Waals surface area contributed by atoms with E-state index in [1.807, 2.05) is 48.4 Å². The van der Waals surface area contributed by atoms with Crippen molar-refractivity contribution in [3.8, 4) is 16.9 Å². The van der Waals surface area contributed by atoms with E-state index < -0.39 is 0 Å². The second-order valence-electron chi connectivity index (χ2n) is 8.65. The van der Waals surface area contributed by atoms with E-state index in [-0.39, 0.29) is 11.9 Å². The predicted octanol–water partition coefficient (Wildman–Crippen LogP) is 5.10. The molecular formula is C27H32N4O2. The molecule has 1 atom stereocenters. The van der Waals surface area contributed by atoms with Gasteiger partial charge in [-0.15, -0.1) is 0 Å². The standard InChI is InChI=1S/C27H32N4O2/c1-4-7-25-29-18-22(21-11-13-28-14-12-21)27(30-25)23-8-5-6-15-31(23)26(32)17-20-9-10-24(33-3)19(2)16-20/h9-14,16,18,23H,4-8,15,17H2,1-3H3/t23-/m1/s1. The first-order valence-corrected chi connectivity index (χ1v) is 11.8. The fourth-order valence-electron chi connectivity index (χ4n) is 4.63. The summed E-state index contributed by atoms with van der Waals surface area (Å²) in [7, 11) is 1.67. The van der Waals surface area contributed by atoms with Crippen LogP contribution in [0.4, 0.5) is 0 Å². The van der Waals surface area contributed by atoms with Gasteiger partial charge in [0.1, 0.15) is 11.6 Å². The monoisotopic (exact) mass is 444 g/mol. The number of amides is 1. The van der Waals surface area contributed by atoms with Crippen LogP contribution in [0.15, 0.2) is 48.9 Å². The largest absolute Gasteiger partial charge is 0.496 e. The van der Waals surface area contributed by atoms with E-state index in [0.29, 0.717) is 6.42 Å². The molecule has 0 aliphatic carbocycles. The Morgan fingerprint density at radius 3 is 2.73 bits per heavy atom. The van der Waals surface area contributed by atoms with Gasteiger partial charge in [-0.3, -0.25) is 9.78 Å². The van der Waals surface area contributed by atoms with E-state index in [9.17, 15) is 4.79 Å². The maximum atomic E-state index is 13.5. The molecule has 1 aliphatic rings. The molecule has 33 heavy (non-hydrogen) atoms. The molecule has 1 aromatic carbocycles. The number of ether oxygens (including phenoxy) is 1. The number of methoxy groups -OCH3 is 1. The average Bonchev–Trinajstić information content (AvgIpc) is 2.85. The quantitative estimate of drug-likeness (QED) is 0.507. The Kier molecular flexibility index (Phi) is 7.33. The molecule has 6 nitrogen and oxygen atoms in total. The predicted molar refractivity (Wildman–Crippen MR) is 129 cm³/mol. The van der Waals surface area contributed by atoms with Crippen LogP contribution in [0.25, 0.3) is 11.1 Å². The molecule has 1 saturated heterocycles.